The van der Waals surface area contributed by atoms with Gasteiger partial charge in [0, 0.05) is 30.6 Å². The van der Waals surface area contributed by atoms with Crippen LogP contribution >= 0.6 is 11.6 Å². The molecule has 0 bridgehead atoms. The fraction of sp³-hybridized carbons (Fsp3) is 0.533. The number of halogens is 1. The van der Waals surface area contributed by atoms with Gasteiger partial charge in [0.15, 0.2) is 0 Å². The number of nitrogens with zero attached hydrogens (tertiary/aromatic N) is 1. The van der Waals surface area contributed by atoms with Gasteiger partial charge in [0.1, 0.15) is 0 Å². The summed E-state index contributed by atoms with van der Waals surface area (Å²) in [5, 5.41) is 4.02. The number of hydrogen-bond donors (Lipinski definition) is 1. The lowest BCUT2D eigenvalue weighted by atomic mass is 10.0. The third-order valence-electron chi connectivity index (χ3n) is 3.80. The smallest absolute Gasteiger partial charge is 0.222 e. The molecule has 1 heterocycles. The Kier molecular flexibility index (Phi) is 5.23. The second-order valence-corrected chi connectivity index (χ2v) is 5.51. The molecule has 0 aromatic heterocycles. The van der Waals surface area contributed by atoms with Crippen molar-refractivity contribution in [2.75, 3.05) is 20.1 Å². The van der Waals surface area contributed by atoms with Crippen molar-refractivity contribution in [1.29, 1.82) is 0 Å². The summed E-state index contributed by atoms with van der Waals surface area (Å²) in [7, 11) is 1.99. The predicted octanol–water partition coefficient (Wildman–Crippen LogP) is 2.48. The van der Waals surface area contributed by atoms with Crippen LogP contribution in [0.25, 0.3) is 0 Å². The van der Waals surface area contributed by atoms with E-state index in [9.17, 15) is 4.79 Å². The van der Waals surface area contributed by atoms with Crippen molar-refractivity contribution in [2.45, 2.75) is 31.7 Å². The van der Waals surface area contributed by atoms with Gasteiger partial charge in [-0.3, -0.25) is 4.79 Å². The first-order valence-electron chi connectivity index (χ1n) is 6.88. The Bertz CT molecular complexity index is 411. The normalized spacial score (nSPS) is 16.6. The largest absolute Gasteiger partial charge is 0.343 e. The minimum absolute atomic E-state index is 0.268. The number of likely N-dealkylation sites (tertiary alicyclic amines) is 1. The lowest BCUT2D eigenvalue weighted by Gasteiger charge is -2.31. The molecule has 1 aliphatic rings. The molecule has 104 valence electrons. The van der Waals surface area contributed by atoms with E-state index in [-0.39, 0.29) is 5.91 Å². The number of amides is 1. The molecule has 1 aromatic rings. The van der Waals surface area contributed by atoms with Crippen LogP contribution in [-0.2, 0) is 11.2 Å². The summed E-state index contributed by atoms with van der Waals surface area (Å²) in [6.45, 7) is 1.76. The molecule has 1 aliphatic heterocycles. The van der Waals surface area contributed by atoms with Gasteiger partial charge in [-0.25, -0.2) is 0 Å². The number of aryl methyl sites for hydroxylation is 1. The highest BCUT2D eigenvalue weighted by Crippen LogP contribution is 2.14. The lowest BCUT2D eigenvalue weighted by Crippen LogP contribution is -2.44. The molecule has 0 unspecified atom stereocenters. The first kappa shape index (κ1) is 14.4. The van der Waals surface area contributed by atoms with Crippen LogP contribution in [0.4, 0.5) is 0 Å². The van der Waals surface area contributed by atoms with Crippen LogP contribution in [0.2, 0.25) is 5.02 Å². The van der Waals surface area contributed by atoms with Gasteiger partial charge in [0.25, 0.3) is 0 Å². The number of benzene rings is 1. The highest BCUT2D eigenvalue weighted by atomic mass is 35.5. The van der Waals surface area contributed by atoms with Crippen molar-refractivity contribution < 1.29 is 4.79 Å². The van der Waals surface area contributed by atoms with E-state index < -0.39 is 0 Å². The maximum absolute atomic E-state index is 12.1. The standard InChI is InChI=1S/C15H21ClN2O/c1-17-14-8-10-18(11-9-14)15(19)7-4-12-2-5-13(16)6-3-12/h2-3,5-6,14,17H,4,7-11H2,1H3. The van der Waals surface area contributed by atoms with Crippen molar-refractivity contribution in [1.82, 2.24) is 10.2 Å². The summed E-state index contributed by atoms with van der Waals surface area (Å²) in [5.74, 6) is 0.268. The molecular weight excluding hydrogens is 260 g/mol. The monoisotopic (exact) mass is 280 g/mol. The third-order valence-corrected chi connectivity index (χ3v) is 4.05. The number of hydrogen-bond acceptors (Lipinski definition) is 2. The van der Waals surface area contributed by atoms with Crippen molar-refractivity contribution in [3.63, 3.8) is 0 Å². The minimum Gasteiger partial charge on any atom is -0.343 e. The van der Waals surface area contributed by atoms with Crippen molar-refractivity contribution in [2.24, 2.45) is 0 Å². The molecule has 1 N–H and O–H groups in total. The molecule has 1 saturated heterocycles. The Labute approximate surface area is 119 Å². The maximum Gasteiger partial charge on any atom is 0.222 e. The quantitative estimate of drug-likeness (QED) is 0.919. The fourth-order valence-corrected chi connectivity index (χ4v) is 2.60. The molecule has 2 rings (SSSR count). The zero-order chi connectivity index (χ0) is 13.7. The first-order valence-corrected chi connectivity index (χ1v) is 7.26. The SMILES string of the molecule is CNC1CCN(C(=O)CCc2ccc(Cl)cc2)CC1. The van der Waals surface area contributed by atoms with Crippen molar-refractivity contribution in [3.8, 4) is 0 Å². The summed E-state index contributed by atoms with van der Waals surface area (Å²) < 4.78 is 0. The van der Waals surface area contributed by atoms with E-state index in [1.807, 2.05) is 36.2 Å². The number of carbonyl (C=O) groups excluding carboxylic acids is 1. The molecule has 0 atom stereocenters. The Balaban J connectivity index is 1.77. The molecule has 0 spiro atoms. The summed E-state index contributed by atoms with van der Waals surface area (Å²) >= 11 is 5.84. The van der Waals surface area contributed by atoms with Gasteiger partial charge in [0.2, 0.25) is 5.91 Å². The second kappa shape index (κ2) is 6.92. The fourth-order valence-electron chi connectivity index (χ4n) is 2.48. The maximum atomic E-state index is 12.1. The zero-order valence-corrected chi connectivity index (χ0v) is 12.1. The zero-order valence-electron chi connectivity index (χ0n) is 11.4. The number of piperidine rings is 1. The van der Waals surface area contributed by atoms with Crippen LogP contribution in [0.3, 0.4) is 0 Å². The van der Waals surface area contributed by atoms with E-state index in [0.29, 0.717) is 12.5 Å². The molecule has 4 heteroatoms. The van der Waals surface area contributed by atoms with Gasteiger partial charge in [0.05, 0.1) is 0 Å². The summed E-state index contributed by atoms with van der Waals surface area (Å²) in [5.41, 5.74) is 1.17. The van der Waals surface area contributed by atoms with Crippen LogP contribution < -0.4 is 5.32 Å². The molecular formula is C15H21ClN2O. The van der Waals surface area contributed by atoms with Crippen LogP contribution in [-0.4, -0.2) is 37.0 Å². The summed E-state index contributed by atoms with van der Waals surface area (Å²) in [6, 6.07) is 8.30. The van der Waals surface area contributed by atoms with Crippen LogP contribution in [0.15, 0.2) is 24.3 Å². The van der Waals surface area contributed by atoms with Crippen LogP contribution in [0.5, 0.6) is 0 Å². The van der Waals surface area contributed by atoms with Crippen LogP contribution in [0, 0.1) is 0 Å². The molecule has 19 heavy (non-hydrogen) atoms. The topological polar surface area (TPSA) is 32.3 Å². The average molecular weight is 281 g/mol. The molecule has 1 amide bonds. The van der Waals surface area contributed by atoms with Gasteiger partial charge in [-0.2, -0.15) is 0 Å². The van der Waals surface area contributed by atoms with E-state index in [1.165, 1.54) is 5.56 Å². The third kappa shape index (κ3) is 4.22. The van der Waals surface area contributed by atoms with Gasteiger partial charge in [-0.15, -0.1) is 0 Å². The van der Waals surface area contributed by atoms with E-state index in [4.69, 9.17) is 11.6 Å². The minimum atomic E-state index is 0.268. The highest BCUT2D eigenvalue weighted by Gasteiger charge is 2.21. The van der Waals surface area contributed by atoms with E-state index in [1.54, 1.807) is 0 Å². The first-order chi connectivity index (χ1) is 9.19. The number of rotatable bonds is 4. The molecule has 0 radical (unpaired) electrons. The van der Waals surface area contributed by atoms with Gasteiger partial charge < -0.3 is 10.2 Å². The highest BCUT2D eigenvalue weighted by molar-refractivity contribution is 6.30. The second-order valence-electron chi connectivity index (χ2n) is 5.07. The van der Waals surface area contributed by atoms with Gasteiger partial charge in [-0.05, 0) is 44.0 Å². The predicted molar refractivity (Wildman–Crippen MR) is 78.4 cm³/mol. The Hall–Kier alpha value is -1.06. The average Bonchev–Trinajstić information content (AvgIpc) is 2.46. The number of carbonyl (C=O) groups is 1. The molecule has 3 nitrogen and oxygen atoms in total. The Morgan fingerprint density at radius 1 is 1.32 bits per heavy atom. The van der Waals surface area contributed by atoms with Crippen molar-refractivity contribution >= 4 is 17.5 Å². The van der Waals surface area contributed by atoms with E-state index in [2.05, 4.69) is 5.32 Å². The molecule has 1 fully saturated rings. The lowest BCUT2D eigenvalue weighted by molar-refractivity contribution is -0.132. The summed E-state index contributed by atoms with van der Waals surface area (Å²) in [6.07, 6.45) is 3.50. The van der Waals surface area contributed by atoms with Gasteiger partial charge >= 0.3 is 0 Å². The Morgan fingerprint density at radius 3 is 2.53 bits per heavy atom. The van der Waals surface area contributed by atoms with Crippen LogP contribution in [0.1, 0.15) is 24.8 Å². The molecule has 0 saturated carbocycles. The molecule has 0 aliphatic carbocycles. The summed E-state index contributed by atoms with van der Waals surface area (Å²) in [4.78, 5) is 14.1. The van der Waals surface area contributed by atoms with E-state index >= 15 is 0 Å². The Morgan fingerprint density at radius 2 is 1.95 bits per heavy atom. The van der Waals surface area contributed by atoms with Crippen molar-refractivity contribution in [3.05, 3.63) is 34.9 Å². The van der Waals surface area contributed by atoms with Gasteiger partial charge in [-0.1, -0.05) is 23.7 Å². The molecule has 1 aromatic carbocycles. The van der Waals surface area contributed by atoms with E-state index in [0.717, 1.165) is 37.4 Å². The number of nitrogens with one attached hydrogen (secondary N) is 1.